The Morgan fingerprint density at radius 1 is 1.47 bits per heavy atom. The summed E-state index contributed by atoms with van der Waals surface area (Å²) in [5.41, 5.74) is 0. The quantitative estimate of drug-likeness (QED) is 0.676. The number of carbonyl (C=O) groups is 2. The minimum atomic E-state index is -0.380. The van der Waals surface area contributed by atoms with Crippen LogP contribution in [0.3, 0.4) is 0 Å². The molecule has 0 aromatic rings. The fraction of sp³-hybridized carbons (Fsp3) is 0.833. The molecular formula is C12H22N2O3. The van der Waals surface area contributed by atoms with Gasteiger partial charge in [-0.3, -0.25) is 14.5 Å². The van der Waals surface area contributed by atoms with Crippen LogP contribution < -0.4 is 0 Å². The van der Waals surface area contributed by atoms with Gasteiger partial charge in [-0.05, 0) is 20.3 Å². The number of methoxy groups -OCH3 is 1. The van der Waals surface area contributed by atoms with Crippen molar-refractivity contribution in [2.45, 2.75) is 38.8 Å². The Morgan fingerprint density at radius 3 is 2.65 bits per heavy atom. The van der Waals surface area contributed by atoms with Gasteiger partial charge in [0.2, 0.25) is 5.91 Å². The molecule has 1 aliphatic heterocycles. The molecular weight excluding hydrogens is 220 g/mol. The molecule has 1 rings (SSSR count). The Morgan fingerprint density at radius 2 is 2.12 bits per heavy atom. The first-order chi connectivity index (χ1) is 7.97. The standard InChI is InChI=1S/C12H22N2O3/c1-9(2)14-7-5-6-13(3)12(16)10(14)8-11(15)17-4/h9-10H,5-8H2,1-4H3. The highest BCUT2D eigenvalue weighted by Crippen LogP contribution is 2.17. The highest BCUT2D eigenvalue weighted by molar-refractivity contribution is 5.86. The molecule has 98 valence electrons. The molecule has 0 N–H and O–H groups in total. The van der Waals surface area contributed by atoms with E-state index in [1.54, 1.807) is 11.9 Å². The zero-order chi connectivity index (χ0) is 13.0. The number of carbonyl (C=O) groups excluding carboxylic acids is 2. The molecule has 1 saturated heterocycles. The molecule has 0 aromatic heterocycles. The van der Waals surface area contributed by atoms with E-state index in [9.17, 15) is 9.59 Å². The van der Waals surface area contributed by atoms with Gasteiger partial charge in [-0.25, -0.2) is 0 Å². The van der Waals surface area contributed by atoms with Crippen LogP contribution in [-0.2, 0) is 14.3 Å². The fourth-order valence-electron chi connectivity index (χ4n) is 2.22. The lowest BCUT2D eigenvalue weighted by atomic mass is 10.1. The van der Waals surface area contributed by atoms with Gasteiger partial charge in [-0.15, -0.1) is 0 Å². The van der Waals surface area contributed by atoms with Crippen LogP contribution in [0.4, 0.5) is 0 Å². The van der Waals surface area contributed by atoms with E-state index >= 15 is 0 Å². The van der Waals surface area contributed by atoms with E-state index in [-0.39, 0.29) is 30.4 Å². The lowest BCUT2D eigenvalue weighted by Crippen LogP contribution is -2.48. The Hall–Kier alpha value is -1.10. The summed E-state index contributed by atoms with van der Waals surface area (Å²) in [5, 5.41) is 0. The first-order valence-corrected chi connectivity index (χ1v) is 6.05. The topological polar surface area (TPSA) is 49.9 Å². The van der Waals surface area contributed by atoms with Gasteiger partial charge in [-0.2, -0.15) is 0 Å². The van der Waals surface area contributed by atoms with Gasteiger partial charge in [0.15, 0.2) is 0 Å². The molecule has 1 fully saturated rings. The second kappa shape index (κ2) is 6.00. The number of nitrogens with zero attached hydrogens (tertiary/aromatic N) is 2. The molecule has 1 amide bonds. The minimum Gasteiger partial charge on any atom is -0.469 e. The maximum Gasteiger partial charge on any atom is 0.307 e. The zero-order valence-electron chi connectivity index (χ0n) is 11.1. The number of hydrogen-bond acceptors (Lipinski definition) is 4. The predicted molar refractivity (Wildman–Crippen MR) is 64.5 cm³/mol. The van der Waals surface area contributed by atoms with Crippen LogP contribution in [0.1, 0.15) is 26.7 Å². The first-order valence-electron chi connectivity index (χ1n) is 6.05. The van der Waals surface area contributed by atoms with E-state index in [2.05, 4.69) is 9.64 Å². The van der Waals surface area contributed by atoms with Crippen molar-refractivity contribution in [3.8, 4) is 0 Å². The van der Waals surface area contributed by atoms with E-state index < -0.39 is 0 Å². The summed E-state index contributed by atoms with van der Waals surface area (Å²) in [6.07, 6.45) is 1.08. The normalized spacial score (nSPS) is 22.8. The number of likely N-dealkylation sites (N-methyl/N-ethyl adjacent to an activating group) is 1. The van der Waals surface area contributed by atoms with Crippen LogP contribution in [0.2, 0.25) is 0 Å². The van der Waals surface area contributed by atoms with Gasteiger partial charge >= 0.3 is 5.97 Å². The SMILES string of the molecule is COC(=O)CC1C(=O)N(C)CCCN1C(C)C. The third-order valence-electron chi connectivity index (χ3n) is 3.22. The van der Waals surface area contributed by atoms with Gasteiger partial charge in [0.1, 0.15) is 6.04 Å². The highest BCUT2D eigenvalue weighted by atomic mass is 16.5. The maximum atomic E-state index is 12.2. The molecule has 5 heteroatoms. The third-order valence-corrected chi connectivity index (χ3v) is 3.22. The van der Waals surface area contributed by atoms with Crippen LogP contribution in [0.15, 0.2) is 0 Å². The van der Waals surface area contributed by atoms with Gasteiger partial charge in [0.05, 0.1) is 13.5 Å². The third kappa shape index (κ3) is 3.43. The molecule has 0 bridgehead atoms. The molecule has 0 aliphatic carbocycles. The van der Waals surface area contributed by atoms with Crippen molar-refractivity contribution in [3.05, 3.63) is 0 Å². The zero-order valence-corrected chi connectivity index (χ0v) is 11.1. The second-order valence-electron chi connectivity index (χ2n) is 4.74. The van der Waals surface area contributed by atoms with Gasteiger partial charge in [0, 0.05) is 26.2 Å². The molecule has 1 atom stereocenters. The summed E-state index contributed by atoms with van der Waals surface area (Å²) in [4.78, 5) is 27.4. The van der Waals surface area contributed by atoms with Crippen LogP contribution in [0, 0.1) is 0 Å². The van der Waals surface area contributed by atoms with Gasteiger partial charge < -0.3 is 9.64 Å². The average Bonchev–Trinajstić information content (AvgIpc) is 2.42. The second-order valence-corrected chi connectivity index (χ2v) is 4.74. The molecule has 17 heavy (non-hydrogen) atoms. The van der Waals surface area contributed by atoms with E-state index in [1.807, 2.05) is 13.8 Å². The molecule has 1 unspecified atom stereocenters. The molecule has 5 nitrogen and oxygen atoms in total. The van der Waals surface area contributed by atoms with Crippen LogP contribution >= 0.6 is 0 Å². The number of rotatable bonds is 3. The van der Waals surface area contributed by atoms with Crippen molar-refractivity contribution in [1.29, 1.82) is 0 Å². The molecule has 1 aliphatic rings. The summed E-state index contributed by atoms with van der Waals surface area (Å²) >= 11 is 0. The number of amides is 1. The van der Waals surface area contributed by atoms with E-state index in [0.29, 0.717) is 0 Å². The summed E-state index contributed by atoms with van der Waals surface area (Å²) < 4.78 is 4.67. The Kier molecular flexibility index (Phi) is 4.93. The summed E-state index contributed by atoms with van der Waals surface area (Å²) in [7, 11) is 3.14. The Bertz CT molecular complexity index is 291. The fourth-order valence-corrected chi connectivity index (χ4v) is 2.22. The summed E-state index contributed by atoms with van der Waals surface area (Å²) in [6.45, 7) is 5.68. The van der Waals surface area contributed by atoms with Crippen LogP contribution in [-0.4, -0.2) is 61.0 Å². The van der Waals surface area contributed by atoms with E-state index in [0.717, 1.165) is 19.5 Å². The molecule has 0 saturated carbocycles. The highest BCUT2D eigenvalue weighted by Gasteiger charge is 2.34. The molecule has 0 spiro atoms. The van der Waals surface area contributed by atoms with Crippen LogP contribution in [0.5, 0.6) is 0 Å². The van der Waals surface area contributed by atoms with Crippen molar-refractivity contribution in [3.63, 3.8) is 0 Å². The number of esters is 1. The monoisotopic (exact) mass is 242 g/mol. The molecule has 0 aromatic carbocycles. The van der Waals surface area contributed by atoms with Crippen molar-refractivity contribution < 1.29 is 14.3 Å². The average molecular weight is 242 g/mol. The van der Waals surface area contributed by atoms with Gasteiger partial charge in [-0.1, -0.05) is 0 Å². The van der Waals surface area contributed by atoms with Crippen molar-refractivity contribution in [2.75, 3.05) is 27.2 Å². The van der Waals surface area contributed by atoms with Crippen molar-refractivity contribution >= 4 is 11.9 Å². The lowest BCUT2D eigenvalue weighted by molar-refractivity contribution is -0.147. The number of ether oxygens (including phenoxy) is 1. The van der Waals surface area contributed by atoms with E-state index in [1.165, 1.54) is 7.11 Å². The smallest absolute Gasteiger partial charge is 0.307 e. The lowest BCUT2D eigenvalue weighted by Gasteiger charge is -2.32. The Balaban J connectivity index is 2.86. The molecule has 1 heterocycles. The summed E-state index contributed by atoms with van der Waals surface area (Å²) in [5.74, 6) is -0.314. The maximum absolute atomic E-state index is 12.2. The van der Waals surface area contributed by atoms with Gasteiger partial charge in [0.25, 0.3) is 0 Å². The van der Waals surface area contributed by atoms with Crippen molar-refractivity contribution in [2.24, 2.45) is 0 Å². The van der Waals surface area contributed by atoms with Crippen molar-refractivity contribution in [1.82, 2.24) is 9.80 Å². The largest absolute Gasteiger partial charge is 0.469 e. The predicted octanol–water partition coefficient (Wildman–Crippen LogP) is 0.491. The van der Waals surface area contributed by atoms with E-state index in [4.69, 9.17) is 0 Å². The number of hydrogen-bond donors (Lipinski definition) is 0. The molecule has 0 radical (unpaired) electrons. The minimum absolute atomic E-state index is 0.0154. The first kappa shape index (κ1) is 14.0. The van der Waals surface area contributed by atoms with Crippen LogP contribution in [0.25, 0.3) is 0 Å². The summed E-state index contributed by atoms with van der Waals surface area (Å²) in [6, 6.07) is -0.130. The Labute approximate surface area is 103 Å².